The van der Waals surface area contributed by atoms with Crippen molar-refractivity contribution in [3.05, 3.63) is 12.2 Å². The Kier molecular flexibility index (Phi) is 3.98. The van der Waals surface area contributed by atoms with E-state index < -0.39 is 0 Å². The van der Waals surface area contributed by atoms with E-state index in [2.05, 4.69) is 45.2 Å². The third-order valence-corrected chi connectivity index (χ3v) is 2.72. The Balaban J connectivity index is 2.42. The average Bonchev–Trinajstić information content (AvgIpc) is 2.03. The van der Waals surface area contributed by atoms with Gasteiger partial charge < -0.3 is 5.32 Å². The standard InChI is InChI=1S/C12H23N/c1-9(2)8-11-6-5-7-12(13-11)10(3)4/h5-6,9-13H,7-8H2,1-4H3/t11-,12+/m1/s1. The van der Waals surface area contributed by atoms with Crippen LogP contribution < -0.4 is 5.32 Å². The molecule has 76 valence electrons. The van der Waals surface area contributed by atoms with Crippen molar-refractivity contribution in [3.63, 3.8) is 0 Å². The quantitative estimate of drug-likeness (QED) is 0.660. The van der Waals surface area contributed by atoms with Crippen LogP contribution in [0.25, 0.3) is 0 Å². The third kappa shape index (κ3) is 3.51. The van der Waals surface area contributed by atoms with Gasteiger partial charge in [-0.1, -0.05) is 39.8 Å². The van der Waals surface area contributed by atoms with Gasteiger partial charge in [0.1, 0.15) is 0 Å². The van der Waals surface area contributed by atoms with Gasteiger partial charge in [-0.2, -0.15) is 0 Å². The Hall–Kier alpha value is -0.300. The minimum absolute atomic E-state index is 0.612. The second-order valence-corrected chi connectivity index (χ2v) is 4.92. The zero-order valence-electron chi connectivity index (χ0n) is 9.38. The summed E-state index contributed by atoms with van der Waals surface area (Å²) in [6.07, 6.45) is 7.14. The molecular weight excluding hydrogens is 158 g/mol. The average molecular weight is 181 g/mol. The lowest BCUT2D eigenvalue weighted by Crippen LogP contribution is -2.43. The highest BCUT2D eigenvalue weighted by Gasteiger charge is 2.19. The monoisotopic (exact) mass is 181 g/mol. The fourth-order valence-corrected chi connectivity index (χ4v) is 1.91. The Morgan fingerprint density at radius 1 is 1.31 bits per heavy atom. The lowest BCUT2D eigenvalue weighted by Gasteiger charge is -2.30. The normalized spacial score (nSPS) is 28.8. The molecule has 1 rings (SSSR count). The molecule has 0 bridgehead atoms. The van der Waals surface area contributed by atoms with E-state index >= 15 is 0 Å². The molecule has 0 radical (unpaired) electrons. The fourth-order valence-electron chi connectivity index (χ4n) is 1.91. The Bertz CT molecular complexity index is 170. The third-order valence-electron chi connectivity index (χ3n) is 2.72. The molecule has 0 aliphatic carbocycles. The molecule has 0 aromatic heterocycles. The molecule has 0 aromatic carbocycles. The molecule has 0 saturated carbocycles. The van der Waals surface area contributed by atoms with Crippen LogP contribution in [0.15, 0.2) is 12.2 Å². The van der Waals surface area contributed by atoms with Crippen molar-refractivity contribution < 1.29 is 0 Å². The maximum atomic E-state index is 3.70. The van der Waals surface area contributed by atoms with Gasteiger partial charge in [0, 0.05) is 12.1 Å². The second kappa shape index (κ2) is 4.80. The zero-order chi connectivity index (χ0) is 9.84. The van der Waals surface area contributed by atoms with E-state index in [4.69, 9.17) is 0 Å². The van der Waals surface area contributed by atoms with Gasteiger partial charge in [0.2, 0.25) is 0 Å². The van der Waals surface area contributed by atoms with Gasteiger partial charge in [0.05, 0.1) is 0 Å². The Morgan fingerprint density at radius 3 is 2.54 bits per heavy atom. The summed E-state index contributed by atoms with van der Waals surface area (Å²) in [4.78, 5) is 0. The molecule has 1 heterocycles. The van der Waals surface area contributed by atoms with Crippen LogP contribution in [0, 0.1) is 11.8 Å². The molecule has 1 heteroatoms. The molecule has 0 saturated heterocycles. The molecule has 1 nitrogen and oxygen atoms in total. The van der Waals surface area contributed by atoms with Crippen molar-refractivity contribution >= 4 is 0 Å². The van der Waals surface area contributed by atoms with Crippen LogP contribution in [-0.2, 0) is 0 Å². The van der Waals surface area contributed by atoms with Crippen LogP contribution in [0.4, 0.5) is 0 Å². The van der Waals surface area contributed by atoms with E-state index in [9.17, 15) is 0 Å². The Morgan fingerprint density at radius 2 is 2.00 bits per heavy atom. The van der Waals surface area contributed by atoms with E-state index in [1.807, 2.05) is 0 Å². The van der Waals surface area contributed by atoms with Gasteiger partial charge in [-0.15, -0.1) is 0 Å². The first-order valence-corrected chi connectivity index (χ1v) is 5.52. The number of rotatable bonds is 3. The van der Waals surface area contributed by atoms with Gasteiger partial charge >= 0.3 is 0 Å². The van der Waals surface area contributed by atoms with E-state index in [1.165, 1.54) is 12.8 Å². The first-order valence-electron chi connectivity index (χ1n) is 5.52. The predicted molar refractivity (Wildman–Crippen MR) is 58.8 cm³/mol. The van der Waals surface area contributed by atoms with E-state index in [-0.39, 0.29) is 0 Å². The topological polar surface area (TPSA) is 12.0 Å². The summed E-state index contributed by atoms with van der Waals surface area (Å²) in [6.45, 7) is 9.16. The Labute approximate surface area is 82.6 Å². The summed E-state index contributed by atoms with van der Waals surface area (Å²) in [7, 11) is 0. The molecule has 0 aromatic rings. The lowest BCUT2D eigenvalue weighted by molar-refractivity contribution is 0.338. The maximum absolute atomic E-state index is 3.70. The molecule has 0 fully saturated rings. The molecule has 1 aliphatic heterocycles. The van der Waals surface area contributed by atoms with Gasteiger partial charge in [-0.3, -0.25) is 0 Å². The maximum Gasteiger partial charge on any atom is 0.0255 e. The summed E-state index contributed by atoms with van der Waals surface area (Å²) in [5.74, 6) is 1.53. The highest BCUT2D eigenvalue weighted by atomic mass is 15.0. The van der Waals surface area contributed by atoms with Crippen molar-refractivity contribution in [2.75, 3.05) is 0 Å². The summed E-state index contributed by atoms with van der Waals surface area (Å²) in [5.41, 5.74) is 0. The molecule has 13 heavy (non-hydrogen) atoms. The summed E-state index contributed by atoms with van der Waals surface area (Å²) >= 11 is 0. The van der Waals surface area contributed by atoms with Crippen LogP contribution in [-0.4, -0.2) is 12.1 Å². The highest BCUT2D eigenvalue weighted by molar-refractivity contribution is 5.02. The zero-order valence-corrected chi connectivity index (χ0v) is 9.38. The van der Waals surface area contributed by atoms with E-state index in [0.717, 1.165) is 11.8 Å². The molecule has 0 amide bonds. The van der Waals surface area contributed by atoms with E-state index in [0.29, 0.717) is 12.1 Å². The smallest absolute Gasteiger partial charge is 0.0255 e. The predicted octanol–water partition coefficient (Wildman–Crippen LogP) is 2.98. The van der Waals surface area contributed by atoms with E-state index in [1.54, 1.807) is 0 Å². The molecule has 2 atom stereocenters. The molecular formula is C12H23N. The minimum atomic E-state index is 0.612. The number of nitrogens with one attached hydrogen (secondary N) is 1. The van der Waals surface area contributed by atoms with Crippen molar-refractivity contribution in [2.45, 2.75) is 52.6 Å². The molecule has 1 N–H and O–H groups in total. The van der Waals surface area contributed by atoms with Crippen molar-refractivity contribution in [3.8, 4) is 0 Å². The SMILES string of the molecule is CC(C)C[C@H]1C=CC[C@@H](C(C)C)N1. The lowest BCUT2D eigenvalue weighted by atomic mass is 9.93. The number of hydrogen-bond donors (Lipinski definition) is 1. The van der Waals surface area contributed by atoms with Gasteiger partial charge in [-0.25, -0.2) is 0 Å². The minimum Gasteiger partial charge on any atom is -0.307 e. The highest BCUT2D eigenvalue weighted by Crippen LogP contribution is 2.16. The van der Waals surface area contributed by atoms with Crippen molar-refractivity contribution in [2.24, 2.45) is 11.8 Å². The van der Waals surface area contributed by atoms with Crippen molar-refractivity contribution in [1.82, 2.24) is 5.32 Å². The largest absolute Gasteiger partial charge is 0.307 e. The van der Waals surface area contributed by atoms with Crippen LogP contribution in [0.3, 0.4) is 0 Å². The first-order chi connectivity index (χ1) is 6.09. The van der Waals surface area contributed by atoms with Gasteiger partial charge in [0.25, 0.3) is 0 Å². The molecule has 1 aliphatic rings. The van der Waals surface area contributed by atoms with Crippen molar-refractivity contribution in [1.29, 1.82) is 0 Å². The van der Waals surface area contributed by atoms with Gasteiger partial charge in [-0.05, 0) is 24.7 Å². The number of hydrogen-bond acceptors (Lipinski definition) is 1. The van der Waals surface area contributed by atoms with Crippen LogP contribution in [0.2, 0.25) is 0 Å². The second-order valence-electron chi connectivity index (χ2n) is 4.92. The summed E-state index contributed by atoms with van der Waals surface area (Å²) in [6, 6.07) is 1.30. The van der Waals surface area contributed by atoms with Crippen LogP contribution >= 0.6 is 0 Å². The first kappa shape index (κ1) is 10.8. The molecule has 0 unspecified atom stereocenters. The fraction of sp³-hybridized carbons (Fsp3) is 0.833. The summed E-state index contributed by atoms with van der Waals surface area (Å²) < 4.78 is 0. The summed E-state index contributed by atoms with van der Waals surface area (Å²) in [5, 5.41) is 3.70. The molecule has 0 spiro atoms. The van der Waals surface area contributed by atoms with Crippen LogP contribution in [0.5, 0.6) is 0 Å². The van der Waals surface area contributed by atoms with Crippen LogP contribution in [0.1, 0.15) is 40.5 Å². The van der Waals surface area contributed by atoms with Gasteiger partial charge in [0.15, 0.2) is 0 Å².